The summed E-state index contributed by atoms with van der Waals surface area (Å²) in [6.45, 7) is 5.37. The zero-order chi connectivity index (χ0) is 17.8. The maximum atomic E-state index is 12.4. The molecule has 0 radical (unpaired) electrons. The van der Waals surface area contributed by atoms with Gasteiger partial charge in [0.1, 0.15) is 5.75 Å². The number of benzene rings is 1. The van der Waals surface area contributed by atoms with Crippen LogP contribution in [0.15, 0.2) is 34.4 Å². The fourth-order valence-electron chi connectivity index (χ4n) is 3.06. The Morgan fingerprint density at radius 3 is 2.64 bits per heavy atom. The molecule has 0 unspecified atom stereocenters. The molecule has 1 aliphatic rings. The number of ether oxygens (including phenoxy) is 1. The van der Waals surface area contributed by atoms with Crippen LogP contribution in [0.5, 0.6) is 5.75 Å². The minimum absolute atomic E-state index is 0.00754. The van der Waals surface area contributed by atoms with Crippen LogP contribution in [0, 0.1) is 6.92 Å². The van der Waals surface area contributed by atoms with Gasteiger partial charge < -0.3 is 19.1 Å². The molecule has 2 heterocycles. The molecule has 1 aromatic heterocycles. The first-order chi connectivity index (χ1) is 12.1. The minimum Gasteiger partial charge on any atom is -0.497 e. The molecule has 1 aromatic carbocycles. The summed E-state index contributed by atoms with van der Waals surface area (Å²) in [5.74, 6) is 0.954. The van der Waals surface area contributed by atoms with Gasteiger partial charge in [-0.05, 0) is 19.1 Å². The van der Waals surface area contributed by atoms with Crippen molar-refractivity contribution in [2.24, 2.45) is 0 Å². The number of piperazine rings is 1. The number of carbonyl (C=O) groups is 1. The lowest BCUT2D eigenvalue weighted by Crippen LogP contribution is -2.49. The second-order valence-corrected chi connectivity index (χ2v) is 6.93. The highest BCUT2D eigenvalue weighted by atomic mass is 32.1. The third kappa shape index (κ3) is 4.04. The summed E-state index contributed by atoms with van der Waals surface area (Å²) in [7, 11) is 1.66. The Labute approximate surface area is 151 Å². The third-order valence-corrected chi connectivity index (χ3v) is 5.46. The molecule has 134 valence electrons. The van der Waals surface area contributed by atoms with E-state index in [1.54, 1.807) is 11.7 Å². The Kier molecular flexibility index (Phi) is 5.43. The van der Waals surface area contributed by atoms with Gasteiger partial charge in [0, 0.05) is 62.0 Å². The van der Waals surface area contributed by atoms with Crippen LogP contribution in [0.1, 0.15) is 12.1 Å². The zero-order valence-corrected chi connectivity index (χ0v) is 15.4. The molecule has 1 amide bonds. The second kappa shape index (κ2) is 7.74. The van der Waals surface area contributed by atoms with E-state index >= 15 is 0 Å². The Balaban J connectivity index is 1.53. The molecule has 1 aliphatic heterocycles. The van der Waals surface area contributed by atoms with Crippen molar-refractivity contribution >= 4 is 22.9 Å². The summed E-state index contributed by atoms with van der Waals surface area (Å²) in [5.41, 5.74) is 2.04. The number of amides is 1. The number of methoxy groups -OCH3 is 1. The Bertz CT molecular complexity index is 791. The second-order valence-electron chi connectivity index (χ2n) is 6.11. The van der Waals surface area contributed by atoms with Crippen molar-refractivity contribution in [3.63, 3.8) is 0 Å². The number of aromatic nitrogens is 1. The highest BCUT2D eigenvalue weighted by Gasteiger charge is 2.21. The lowest BCUT2D eigenvalue weighted by molar-refractivity contribution is -0.131. The molecular weight excluding hydrogens is 338 g/mol. The summed E-state index contributed by atoms with van der Waals surface area (Å²) in [4.78, 5) is 28.3. The number of hydrogen-bond donors (Lipinski definition) is 0. The van der Waals surface area contributed by atoms with Crippen LogP contribution in [0.3, 0.4) is 0 Å². The molecule has 1 saturated heterocycles. The molecule has 0 aliphatic carbocycles. The average Bonchev–Trinajstić information content (AvgIpc) is 2.97. The third-order valence-electron chi connectivity index (χ3n) is 4.58. The predicted octanol–water partition coefficient (Wildman–Crippen LogP) is 1.97. The van der Waals surface area contributed by atoms with Crippen molar-refractivity contribution in [3.05, 3.63) is 45.0 Å². The van der Waals surface area contributed by atoms with Gasteiger partial charge in [-0.2, -0.15) is 0 Å². The standard InChI is InChI=1S/C18H23N3O3S/c1-14-13-25-18(23)21(14)7-6-17(22)20-10-8-19(9-11-20)15-4-3-5-16(12-15)24-2/h3-5,12-13H,6-11H2,1-2H3. The highest BCUT2D eigenvalue weighted by Crippen LogP contribution is 2.22. The Morgan fingerprint density at radius 1 is 1.24 bits per heavy atom. The number of hydrogen-bond acceptors (Lipinski definition) is 5. The van der Waals surface area contributed by atoms with E-state index < -0.39 is 0 Å². The van der Waals surface area contributed by atoms with Gasteiger partial charge in [-0.3, -0.25) is 9.59 Å². The largest absolute Gasteiger partial charge is 0.497 e. The molecule has 2 aromatic rings. The Hall–Kier alpha value is -2.28. The summed E-state index contributed by atoms with van der Waals surface area (Å²) in [6, 6.07) is 7.99. The van der Waals surface area contributed by atoms with Crippen molar-refractivity contribution in [3.8, 4) is 5.75 Å². The Morgan fingerprint density at radius 2 is 2.00 bits per heavy atom. The van der Waals surface area contributed by atoms with Gasteiger partial charge in [0.25, 0.3) is 0 Å². The first-order valence-electron chi connectivity index (χ1n) is 8.40. The van der Waals surface area contributed by atoms with Gasteiger partial charge in [-0.25, -0.2) is 0 Å². The number of carbonyl (C=O) groups excluding carboxylic acids is 1. The van der Waals surface area contributed by atoms with Gasteiger partial charge >= 0.3 is 4.87 Å². The molecule has 7 heteroatoms. The monoisotopic (exact) mass is 361 g/mol. The van der Waals surface area contributed by atoms with Crippen LogP contribution in [-0.2, 0) is 11.3 Å². The molecule has 0 bridgehead atoms. The van der Waals surface area contributed by atoms with E-state index in [4.69, 9.17) is 4.74 Å². The van der Waals surface area contributed by atoms with Crippen LogP contribution >= 0.6 is 11.3 Å². The van der Waals surface area contributed by atoms with Crippen LogP contribution in [-0.4, -0.2) is 48.7 Å². The molecule has 25 heavy (non-hydrogen) atoms. The quantitative estimate of drug-likeness (QED) is 0.817. The molecular formula is C18H23N3O3S. The average molecular weight is 361 g/mol. The molecule has 0 N–H and O–H groups in total. The summed E-state index contributed by atoms with van der Waals surface area (Å²) in [6.07, 6.45) is 0.372. The van der Waals surface area contributed by atoms with E-state index in [0.29, 0.717) is 26.1 Å². The smallest absolute Gasteiger partial charge is 0.307 e. The van der Waals surface area contributed by atoms with Gasteiger partial charge in [-0.15, -0.1) is 0 Å². The fraction of sp³-hybridized carbons (Fsp3) is 0.444. The molecule has 0 atom stereocenters. The van der Waals surface area contributed by atoms with Gasteiger partial charge in [-0.1, -0.05) is 17.4 Å². The predicted molar refractivity (Wildman–Crippen MR) is 99.7 cm³/mol. The highest BCUT2D eigenvalue weighted by molar-refractivity contribution is 7.07. The molecule has 6 nitrogen and oxygen atoms in total. The van der Waals surface area contributed by atoms with E-state index in [1.165, 1.54) is 11.3 Å². The van der Waals surface area contributed by atoms with Crippen molar-refractivity contribution in [2.45, 2.75) is 19.9 Å². The molecule has 3 rings (SSSR count). The van der Waals surface area contributed by atoms with E-state index in [9.17, 15) is 9.59 Å². The van der Waals surface area contributed by atoms with E-state index in [1.807, 2.05) is 35.4 Å². The summed E-state index contributed by atoms with van der Waals surface area (Å²) >= 11 is 1.18. The lowest BCUT2D eigenvalue weighted by Gasteiger charge is -2.36. The van der Waals surface area contributed by atoms with Crippen molar-refractivity contribution in [1.29, 1.82) is 0 Å². The number of thiazole rings is 1. The van der Waals surface area contributed by atoms with E-state index in [0.717, 1.165) is 30.2 Å². The van der Waals surface area contributed by atoms with Crippen molar-refractivity contribution < 1.29 is 9.53 Å². The minimum atomic E-state index is 0.00754. The number of nitrogens with zero attached hydrogens (tertiary/aromatic N) is 3. The van der Waals surface area contributed by atoms with Gasteiger partial charge in [0.05, 0.1) is 7.11 Å². The first kappa shape index (κ1) is 17.5. The topological polar surface area (TPSA) is 54.8 Å². The van der Waals surface area contributed by atoms with Crippen molar-refractivity contribution in [1.82, 2.24) is 9.47 Å². The van der Waals surface area contributed by atoms with Crippen molar-refractivity contribution in [2.75, 3.05) is 38.2 Å². The first-order valence-corrected chi connectivity index (χ1v) is 9.28. The van der Waals surface area contributed by atoms with Gasteiger partial charge in [0.15, 0.2) is 0 Å². The number of anilines is 1. The maximum absolute atomic E-state index is 12.4. The van der Waals surface area contributed by atoms with Gasteiger partial charge in [0.2, 0.25) is 5.91 Å². The maximum Gasteiger partial charge on any atom is 0.307 e. The normalized spacial score (nSPS) is 14.6. The van der Waals surface area contributed by atoms with E-state index in [2.05, 4.69) is 11.0 Å². The zero-order valence-electron chi connectivity index (χ0n) is 14.6. The molecule has 0 spiro atoms. The molecule has 1 fully saturated rings. The lowest BCUT2D eigenvalue weighted by atomic mass is 10.2. The van der Waals surface area contributed by atoms with Crippen LogP contribution in [0.4, 0.5) is 5.69 Å². The van der Waals surface area contributed by atoms with Crippen LogP contribution in [0.25, 0.3) is 0 Å². The number of rotatable bonds is 5. The molecule has 0 saturated carbocycles. The van der Waals surface area contributed by atoms with Crippen LogP contribution < -0.4 is 14.5 Å². The SMILES string of the molecule is COc1cccc(N2CCN(C(=O)CCn3c(C)csc3=O)CC2)c1. The van der Waals surface area contributed by atoms with Crippen LogP contribution in [0.2, 0.25) is 0 Å². The fourth-order valence-corrected chi connectivity index (χ4v) is 3.82. The number of aryl methyl sites for hydroxylation is 1. The summed E-state index contributed by atoms with van der Waals surface area (Å²) < 4.78 is 6.95. The summed E-state index contributed by atoms with van der Waals surface area (Å²) in [5, 5.41) is 1.83. The van der Waals surface area contributed by atoms with E-state index in [-0.39, 0.29) is 10.8 Å².